The Bertz CT molecular complexity index is 1160. The first kappa shape index (κ1) is 23.2. The number of likely N-dealkylation sites (tertiary alicyclic amines) is 1. The third-order valence-corrected chi connectivity index (χ3v) is 8.41. The van der Waals surface area contributed by atoms with E-state index in [1.807, 2.05) is 12.1 Å². The quantitative estimate of drug-likeness (QED) is 0.630. The molecule has 36 heavy (non-hydrogen) atoms. The third-order valence-electron chi connectivity index (χ3n) is 8.41. The van der Waals surface area contributed by atoms with Gasteiger partial charge in [0.2, 0.25) is 11.8 Å². The fourth-order valence-electron chi connectivity index (χ4n) is 6.48. The number of ether oxygens (including phenoxy) is 1. The Morgan fingerprint density at radius 3 is 2.33 bits per heavy atom. The number of nitrogens with one attached hydrogen (secondary N) is 1. The standard InChI is InChI=1S/C29H33N3O4/c33-27-13-12-25(28(34)30-27)32-17-24-23(29(32)35)6-3-7-26(24)36-18-20-10-8-19(9-11-20)14-31-15-21-4-1-2-5-22(21)16-31/h3,6-11,21-22,25H,1-2,4-5,12-18H2,(H,30,33,34)/t21-,22+,25?. The monoisotopic (exact) mass is 487 g/mol. The smallest absolute Gasteiger partial charge is 0.255 e. The van der Waals surface area contributed by atoms with Gasteiger partial charge in [0.05, 0.1) is 6.54 Å². The molecule has 7 nitrogen and oxygen atoms in total. The number of rotatable bonds is 6. The molecule has 3 amide bonds. The lowest BCUT2D eigenvalue weighted by molar-refractivity contribution is -0.136. The highest BCUT2D eigenvalue weighted by Gasteiger charge is 2.40. The molecule has 1 unspecified atom stereocenters. The Hall–Kier alpha value is -3.19. The predicted octanol–water partition coefficient (Wildman–Crippen LogP) is 3.65. The van der Waals surface area contributed by atoms with E-state index in [9.17, 15) is 14.4 Å². The maximum Gasteiger partial charge on any atom is 0.255 e. The molecule has 6 rings (SSSR count). The van der Waals surface area contributed by atoms with Gasteiger partial charge >= 0.3 is 0 Å². The fourth-order valence-corrected chi connectivity index (χ4v) is 6.48. The van der Waals surface area contributed by atoms with Crippen LogP contribution in [0.25, 0.3) is 0 Å². The molecule has 1 aliphatic carbocycles. The summed E-state index contributed by atoms with van der Waals surface area (Å²) in [5.74, 6) is 1.60. The molecule has 0 spiro atoms. The zero-order chi connectivity index (χ0) is 24.6. The number of amides is 3. The van der Waals surface area contributed by atoms with Gasteiger partial charge in [-0.15, -0.1) is 0 Å². The van der Waals surface area contributed by atoms with Crippen LogP contribution in [0, 0.1) is 11.8 Å². The molecule has 4 aliphatic rings. The molecule has 3 aliphatic heterocycles. The molecule has 188 valence electrons. The lowest BCUT2D eigenvalue weighted by Crippen LogP contribution is -2.52. The van der Waals surface area contributed by atoms with E-state index in [2.05, 4.69) is 34.5 Å². The minimum atomic E-state index is -0.623. The summed E-state index contributed by atoms with van der Waals surface area (Å²) in [5, 5.41) is 2.35. The molecule has 0 bridgehead atoms. The molecule has 0 radical (unpaired) electrons. The number of piperidine rings is 1. The summed E-state index contributed by atoms with van der Waals surface area (Å²) in [5.41, 5.74) is 3.79. The summed E-state index contributed by atoms with van der Waals surface area (Å²) in [6, 6.07) is 13.5. The molecule has 1 N–H and O–H groups in total. The normalized spacial score (nSPS) is 26.1. The number of hydrogen-bond donors (Lipinski definition) is 1. The highest BCUT2D eigenvalue weighted by molar-refractivity contribution is 6.05. The molecule has 3 heterocycles. The van der Waals surface area contributed by atoms with E-state index >= 15 is 0 Å². The molecule has 3 fully saturated rings. The number of imide groups is 1. The average molecular weight is 488 g/mol. The van der Waals surface area contributed by atoms with Gasteiger partial charge in [0.25, 0.3) is 5.91 Å². The first-order chi connectivity index (χ1) is 17.5. The van der Waals surface area contributed by atoms with Crippen LogP contribution in [0.15, 0.2) is 42.5 Å². The van der Waals surface area contributed by atoms with Crippen LogP contribution in [0.2, 0.25) is 0 Å². The SMILES string of the molecule is O=C1CCC(N2Cc3c(OCc4ccc(CN5C[C@H]6CCCC[C@H]6C5)cc4)cccc3C2=O)C(=O)N1. The second-order valence-corrected chi connectivity index (χ2v) is 10.8. The van der Waals surface area contributed by atoms with Gasteiger partial charge in [-0.1, -0.05) is 43.2 Å². The van der Waals surface area contributed by atoms with Crippen molar-refractivity contribution in [1.82, 2.24) is 15.1 Å². The molecule has 0 aromatic heterocycles. The fraction of sp³-hybridized carbons (Fsp3) is 0.483. The van der Waals surface area contributed by atoms with Crippen LogP contribution < -0.4 is 10.1 Å². The van der Waals surface area contributed by atoms with Crippen LogP contribution >= 0.6 is 0 Å². The van der Waals surface area contributed by atoms with E-state index in [1.54, 1.807) is 11.0 Å². The van der Waals surface area contributed by atoms with Crippen LogP contribution in [-0.2, 0) is 29.3 Å². The number of carbonyl (C=O) groups is 3. The second-order valence-electron chi connectivity index (χ2n) is 10.8. The van der Waals surface area contributed by atoms with Crippen LogP contribution in [0.3, 0.4) is 0 Å². The second kappa shape index (κ2) is 9.69. The Morgan fingerprint density at radius 2 is 1.61 bits per heavy atom. The van der Waals surface area contributed by atoms with Gasteiger partial charge < -0.3 is 9.64 Å². The van der Waals surface area contributed by atoms with Crippen molar-refractivity contribution in [2.24, 2.45) is 11.8 Å². The lowest BCUT2D eigenvalue weighted by Gasteiger charge is -2.29. The molecule has 3 atom stereocenters. The van der Waals surface area contributed by atoms with E-state index in [0.29, 0.717) is 30.9 Å². The van der Waals surface area contributed by atoms with Gasteiger partial charge in [-0.2, -0.15) is 0 Å². The van der Waals surface area contributed by atoms with Crippen molar-refractivity contribution in [1.29, 1.82) is 0 Å². The van der Waals surface area contributed by atoms with Gasteiger partial charge in [-0.3, -0.25) is 24.6 Å². The molecule has 1 saturated carbocycles. The maximum atomic E-state index is 13.0. The van der Waals surface area contributed by atoms with Crippen LogP contribution in [-0.4, -0.2) is 46.7 Å². The Balaban J connectivity index is 1.07. The van der Waals surface area contributed by atoms with Gasteiger partial charge in [0, 0.05) is 37.2 Å². The summed E-state index contributed by atoms with van der Waals surface area (Å²) >= 11 is 0. The largest absolute Gasteiger partial charge is 0.489 e. The molecule has 2 aromatic carbocycles. The molecule has 2 saturated heterocycles. The minimum absolute atomic E-state index is 0.184. The van der Waals surface area contributed by atoms with E-state index in [1.165, 1.54) is 44.3 Å². The average Bonchev–Trinajstić information content (AvgIpc) is 3.44. The summed E-state index contributed by atoms with van der Waals surface area (Å²) in [6.45, 7) is 4.22. The van der Waals surface area contributed by atoms with Crippen LogP contribution in [0.5, 0.6) is 5.75 Å². The van der Waals surface area contributed by atoms with Crippen molar-refractivity contribution in [3.05, 3.63) is 64.7 Å². The number of hydrogen-bond acceptors (Lipinski definition) is 5. The van der Waals surface area contributed by atoms with Gasteiger partial charge in [0.15, 0.2) is 0 Å². The van der Waals surface area contributed by atoms with Gasteiger partial charge in [-0.25, -0.2) is 0 Å². The van der Waals surface area contributed by atoms with Crippen molar-refractivity contribution in [3.63, 3.8) is 0 Å². The molecular weight excluding hydrogens is 454 g/mol. The summed E-state index contributed by atoms with van der Waals surface area (Å²) in [6.07, 6.45) is 6.20. The van der Waals surface area contributed by atoms with E-state index in [0.717, 1.165) is 29.5 Å². The minimum Gasteiger partial charge on any atom is -0.489 e. The third kappa shape index (κ3) is 4.52. The highest BCUT2D eigenvalue weighted by Crippen LogP contribution is 2.37. The molecule has 7 heteroatoms. The first-order valence-corrected chi connectivity index (χ1v) is 13.2. The van der Waals surface area contributed by atoms with Crippen LogP contribution in [0.4, 0.5) is 0 Å². The molecular formula is C29H33N3O4. The first-order valence-electron chi connectivity index (χ1n) is 13.2. The summed E-state index contributed by atoms with van der Waals surface area (Å²) in [7, 11) is 0. The van der Waals surface area contributed by atoms with Crippen molar-refractivity contribution in [3.8, 4) is 5.75 Å². The maximum absolute atomic E-state index is 13.0. The predicted molar refractivity (Wildman–Crippen MR) is 134 cm³/mol. The van der Waals surface area contributed by atoms with Crippen molar-refractivity contribution in [2.75, 3.05) is 13.1 Å². The lowest BCUT2D eigenvalue weighted by atomic mass is 9.82. The van der Waals surface area contributed by atoms with Crippen molar-refractivity contribution in [2.45, 2.75) is 64.3 Å². The van der Waals surface area contributed by atoms with Crippen molar-refractivity contribution >= 4 is 17.7 Å². The summed E-state index contributed by atoms with van der Waals surface area (Å²) < 4.78 is 6.16. The van der Waals surface area contributed by atoms with Crippen molar-refractivity contribution < 1.29 is 19.1 Å². The Morgan fingerprint density at radius 1 is 0.889 bits per heavy atom. The van der Waals surface area contributed by atoms with E-state index in [-0.39, 0.29) is 18.2 Å². The number of carbonyl (C=O) groups excluding carboxylic acids is 3. The van der Waals surface area contributed by atoms with E-state index < -0.39 is 11.9 Å². The number of fused-ring (bicyclic) bond motifs is 2. The van der Waals surface area contributed by atoms with Gasteiger partial charge in [0.1, 0.15) is 18.4 Å². The topological polar surface area (TPSA) is 79.0 Å². The zero-order valence-electron chi connectivity index (χ0n) is 20.6. The van der Waals surface area contributed by atoms with E-state index in [4.69, 9.17) is 4.74 Å². The zero-order valence-corrected chi connectivity index (χ0v) is 20.6. The highest BCUT2D eigenvalue weighted by atomic mass is 16.5. The van der Waals surface area contributed by atoms with Gasteiger partial charge in [-0.05, 0) is 54.4 Å². The van der Waals surface area contributed by atoms with Crippen LogP contribution in [0.1, 0.15) is 65.6 Å². The number of nitrogens with zero attached hydrogens (tertiary/aromatic N) is 2. The number of benzene rings is 2. The Kier molecular flexibility index (Phi) is 6.25. The summed E-state index contributed by atoms with van der Waals surface area (Å²) in [4.78, 5) is 41.0. The Labute approximate surface area is 211 Å². The molecule has 2 aromatic rings.